The number of hydrogen-bond acceptors (Lipinski definition) is 2. The quantitative estimate of drug-likeness (QED) is 0.906. The summed E-state index contributed by atoms with van der Waals surface area (Å²) in [5, 5.41) is 3.71. The van der Waals surface area contributed by atoms with Gasteiger partial charge in [0.1, 0.15) is 0 Å². The second kappa shape index (κ2) is 6.73. The van der Waals surface area contributed by atoms with E-state index in [0.717, 1.165) is 13.0 Å². The van der Waals surface area contributed by atoms with Crippen LogP contribution in [0.1, 0.15) is 39.7 Å². The third-order valence-electron chi connectivity index (χ3n) is 4.52. The zero-order chi connectivity index (χ0) is 14.6. The Morgan fingerprint density at radius 1 is 1.20 bits per heavy atom. The van der Waals surface area contributed by atoms with Crippen LogP contribution in [0.5, 0.6) is 0 Å². The largest absolute Gasteiger partial charge is 0.311 e. The molecule has 1 aromatic rings. The molecule has 1 N–H and O–H groups in total. The maximum absolute atomic E-state index is 3.71. The van der Waals surface area contributed by atoms with Gasteiger partial charge in [-0.25, -0.2) is 0 Å². The molecule has 0 amide bonds. The van der Waals surface area contributed by atoms with E-state index in [0.29, 0.717) is 17.5 Å². The Labute approximate surface area is 124 Å². The highest BCUT2D eigenvalue weighted by Gasteiger charge is 2.34. The van der Waals surface area contributed by atoms with Crippen molar-refractivity contribution in [2.45, 2.75) is 52.6 Å². The van der Waals surface area contributed by atoms with Crippen molar-refractivity contribution in [3.05, 3.63) is 35.9 Å². The summed E-state index contributed by atoms with van der Waals surface area (Å²) in [6, 6.07) is 12.2. The van der Waals surface area contributed by atoms with Crippen molar-refractivity contribution in [2.75, 3.05) is 19.6 Å². The molecule has 112 valence electrons. The van der Waals surface area contributed by atoms with Crippen LogP contribution in [0.2, 0.25) is 0 Å². The van der Waals surface area contributed by atoms with Crippen LogP contribution in [-0.4, -0.2) is 36.6 Å². The van der Waals surface area contributed by atoms with Gasteiger partial charge < -0.3 is 5.32 Å². The Bertz CT molecular complexity index is 394. The Balaban J connectivity index is 2.00. The third-order valence-corrected chi connectivity index (χ3v) is 4.52. The molecule has 0 bridgehead atoms. The van der Waals surface area contributed by atoms with Crippen LogP contribution < -0.4 is 5.32 Å². The molecule has 0 aromatic heterocycles. The Kier molecular flexibility index (Phi) is 5.22. The molecular formula is C18H30N2. The lowest BCUT2D eigenvalue weighted by Gasteiger charge is -2.46. The van der Waals surface area contributed by atoms with E-state index in [1.165, 1.54) is 25.1 Å². The van der Waals surface area contributed by atoms with Gasteiger partial charge in [-0.15, -0.1) is 0 Å². The predicted octanol–water partition coefficient (Wildman–Crippen LogP) is 3.33. The lowest BCUT2D eigenvalue weighted by Crippen LogP contribution is -2.60. The minimum Gasteiger partial charge on any atom is -0.311 e. The molecule has 1 aromatic carbocycles. The van der Waals surface area contributed by atoms with Crippen LogP contribution in [0.15, 0.2) is 30.3 Å². The van der Waals surface area contributed by atoms with Crippen LogP contribution in [0, 0.1) is 5.41 Å². The normalized spacial score (nSPS) is 24.8. The first kappa shape index (κ1) is 15.5. The maximum atomic E-state index is 3.71. The molecular weight excluding hydrogens is 244 g/mol. The van der Waals surface area contributed by atoms with Crippen molar-refractivity contribution in [2.24, 2.45) is 5.41 Å². The lowest BCUT2D eigenvalue weighted by molar-refractivity contribution is 0.0559. The van der Waals surface area contributed by atoms with Gasteiger partial charge in [0.15, 0.2) is 0 Å². The summed E-state index contributed by atoms with van der Waals surface area (Å²) in [4.78, 5) is 2.71. The zero-order valence-electron chi connectivity index (χ0n) is 13.5. The van der Waals surface area contributed by atoms with Crippen molar-refractivity contribution in [3.63, 3.8) is 0 Å². The molecule has 20 heavy (non-hydrogen) atoms. The molecule has 2 atom stereocenters. The van der Waals surface area contributed by atoms with Gasteiger partial charge in [-0.3, -0.25) is 4.90 Å². The van der Waals surface area contributed by atoms with Crippen molar-refractivity contribution in [1.82, 2.24) is 10.2 Å². The molecule has 0 radical (unpaired) electrons. The average Bonchev–Trinajstić information content (AvgIpc) is 2.45. The lowest BCUT2D eigenvalue weighted by atomic mass is 9.83. The summed E-state index contributed by atoms with van der Waals surface area (Å²) in [6.07, 6.45) is 2.38. The van der Waals surface area contributed by atoms with E-state index in [-0.39, 0.29) is 0 Å². The molecule has 1 aliphatic rings. The van der Waals surface area contributed by atoms with Crippen molar-refractivity contribution < 1.29 is 0 Å². The summed E-state index contributed by atoms with van der Waals surface area (Å²) >= 11 is 0. The predicted molar refractivity (Wildman–Crippen MR) is 87.0 cm³/mol. The molecule has 0 aliphatic carbocycles. The molecule has 1 saturated heterocycles. The maximum Gasteiger partial charge on any atom is 0.0269 e. The van der Waals surface area contributed by atoms with E-state index >= 15 is 0 Å². The Hall–Kier alpha value is -0.860. The molecule has 1 heterocycles. The van der Waals surface area contributed by atoms with Crippen molar-refractivity contribution in [3.8, 4) is 0 Å². The van der Waals surface area contributed by atoms with E-state index in [2.05, 4.69) is 68.2 Å². The van der Waals surface area contributed by atoms with Gasteiger partial charge in [-0.05, 0) is 23.8 Å². The van der Waals surface area contributed by atoms with E-state index < -0.39 is 0 Å². The fourth-order valence-corrected chi connectivity index (χ4v) is 3.17. The van der Waals surface area contributed by atoms with Gasteiger partial charge in [0.05, 0.1) is 0 Å². The smallest absolute Gasteiger partial charge is 0.0269 e. The van der Waals surface area contributed by atoms with Crippen LogP contribution >= 0.6 is 0 Å². The SMILES string of the molecule is CCC1CN(CCc2ccccc2)C(C(C)(C)C)CN1. The molecule has 2 unspecified atom stereocenters. The molecule has 0 spiro atoms. The first-order valence-corrected chi connectivity index (χ1v) is 8.02. The van der Waals surface area contributed by atoms with E-state index in [4.69, 9.17) is 0 Å². The number of nitrogens with one attached hydrogen (secondary N) is 1. The number of rotatable bonds is 4. The van der Waals surface area contributed by atoms with Crippen molar-refractivity contribution >= 4 is 0 Å². The number of hydrogen-bond donors (Lipinski definition) is 1. The first-order chi connectivity index (χ1) is 9.50. The molecule has 2 nitrogen and oxygen atoms in total. The topological polar surface area (TPSA) is 15.3 Å². The van der Waals surface area contributed by atoms with Gasteiger partial charge in [0.2, 0.25) is 0 Å². The standard InChI is InChI=1S/C18H30N2/c1-5-16-14-20(17(13-19-16)18(2,3)4)12-11-15-9-7-6-8-10-15/h6-10,16-17,19H,5,11-14H2,1-4H3. The second-order valence-corrected chi connectivity index (χ2v) is 7.13. The molecule has 2 heteroatoms. The summed E-state index contributed by atoms with van der Waals surface area (Å²) in [5.41, 5.74) is 1.79. The summed E-state index contributed by atoms with van der Waals surface area (Å²) < 4.78 is 0. The van der Waals surface area contributed by atoms with Crippen LogP contribution in [0.3, 0.4) is 0 Å². The van der Waals surface area contributed by atoms with Crippen molar-refractivity contribution in [1.29, 1.82) is 0 Å². The monoisotopic (exact) mass is 274 g/mol. The van der Waals surface area contributed by atoms with Crippen LogP contribution in [-0.2, 0) is 6.42 Å². The second-order valence-electron chi connectivity index (χ2n) is 7.13. The van der Waals surface area contributed by atoms with E-state index in [1.807, 2.05) is 0 Å². The van der Waals surface area contributed by atoms with Gasteiger partial charge in [-0.1, -0.05) is 58.0 Å². The third kappa shape index (κ3) is 4.07. The fourth-order valence-electron chi connectivity index (χ4n) is 3.17. The van der Waals surface area contributed by atoms with Gasteiger partial charge in [0.25, 0.3) is 0 Å². The average molecular weight is 274 g/mol. The summed E-state index contributed by atoms with van der Waals surface area (Å²) in [6.45, 7) is 12.8. The highest BCUT2D eigenvalue weighted by molar-refractivity contribution is 5.15. The number of piperazine rings is 1. The van der Waals surface area contributed by atoms with E-state index in [9.17, 15) is 0 Å². The minimum atomic E-state index is 0.336. The highest BCUT2D eigenvalue weighted by Crippen LogP contribution is 2.27. The molecule has 0 saturated carbocycles. The summed E-state index contributed by atoms with van der Waals surface area (Å²) in [7, 11) is 0. The first-order valence-electron chi connectivity index (χ1n) is 8.02. The van der Waals surface area contributed by atoms with Gasteiger partial charge in [-0.2, -0.15) is 0 Å². The number of benzene rings is 1. The van der Waals surface area contributed by atoms with Crippen LogP contribution in [0.25, 0.3) is 0 Å². The zero-order valence-corrected chi connectivity index (χ0v) is 13.5. The highest BCUT2D eigenvalue weighted by atomic mass is 15.2. The molecule has 1 fully saturated rings. The molecule has 2 rings (SSSR count). The number of nitrogens with zero attached hydrogens (tertiary/aromatic N) is 1. The fraction of sp³-hybridized carbons (Fsp3) is 0.667. The van der Waals surface area contributed by atoms with Crippen LogP contribution in [0.4, 0.5) is 0 Å². The van der Waals surface area contributed by atoms with Gasteiger partial charge in [0, 0.05) is 31.7 Å². The minimum absolute atomic E-state index is 0.336. The Morgan fingerprint density at radius 2 is 1.90 bits per heavy atom. The van der Waals surface area contributed by atoms with E-state index in [1.54, 1.807) is 0 Å². The molecule has 1 aliphatic heterocycles. The Morgan fingerprint density at radius 3 is 2.50 bits per heavy atom. The van der Waals surface area contributed by atoms with Gasteiger partial charge >= 0.3 is 0 Å². The summed E-state index contributed by atoms with van der Waals surface area (Å²) in [5.74, 6) is 0.